The summed E-state index contributed by atoms with van der Waals surface area (Å²) in [6, 6.07) is 14.2. The van der Waals surface area contributed by atoms with E-state index >= 15 is 0 Å². The zero-order valence-electron chi connectivity index (χ0n) is 20.9. The molecule has 6 rings (SSSR count). The molecule has 5 aromatic heterocycles. The largest absolute Gasteiger partial charge is 0.354 e. The van der Waals surface area contributed by atoms with Gasteiger partial charge in [-0.2, -0.15) is 20.7 Å². The molecule has 10 heteroatoms. The second-order valence-electron chi connectivity index (χ2n) is 9.34. The van der Waals surface area contributed by atoms with Crippen molar-refractivity contribution in [3.8, 4) is 34.4 Å². The van der Waals surface area contributed by atoms with Gasteiger partial charge in [0.2, 0.25) is 0 Å². The molecule has 0 amide bonds. The van der Waals surface area contributed by atoms with Gasteiger partial charge < -0.3 is 4.90 Å². The maximum Gasteiger partial charge on any atom is 0.140 e. The zero-order valence-corrected chi connectivity index (χ0v) is 20.9. The highest BCUT2D eigenvalue weighted by Crippen LogP contribution is 2.32. The Morgan fingerprint density at radius 3 is 2.34 bits per heavy atom. The number of nitrogens with zero attached hydrogens (tertiary/aromatic N) is 10. The Balaban J connectivity index is 1.21. The second kappa shape index (κ2) is 9.77. The number of pyridine rings is 3. The van der Waals surface area contributed by atoms with Gasteiger partial charge in [0.25, 0.3) is 0 Å². The molecule has 1 aliphatic rings. The zero-order chi connectivity index (χ0) is 26.1. The van der Waals surface area contributed by atoms with Gasteiger partial charge in [-0.15, -0.1) is 0 Å². The van der Waals surface area contributed by atoms with E-state index in [4.69, 9.17) is 10.2 Å². The molecule has 186 valence electrons. The lowest BCUT2D eigenvalue weighted by atomic mass is 10.0. The molecule has 0 saturated carbocycles. The van der Waals surface area contributed by atoms with Crippen molar-refractivity contribution in [1.82, 2.24) is 34.3 Å². The Hall–Kier alpha value is -5.06. The van der Waals surface area contributed by atoms with Gasteiger partial charge in [0, 0.05) is 86.8 Å². The maximum absolute atomic E-state index is 9.68. The Bertz CT molecular complexity index is 1680. The van der Waals surface area contributed by atoms with Crippen molar-refractivity contribution in [2.45, 2.75) is 6.54 Å². The summed E-state index contributed by atoms with van der Waals surface area (Å²) in [6.07, 6.45) is 11.0. The topological polar surface area (TPSA) is 115 Å². The van der Waals surface area contributed by atoms with Crippen LogP contribution in [0.5, 0.6) is 0 Å². The van der Waals surface area contributed by atoms with E-state index in [1.54, 1.807) is 27.7 Å². The van der Waals surface area contributed by atoms with Gasteiger partial charge in [-0.25, -0.2) is 14.5 Å². The van der Waals surface area contributed by atoms with Crippen molar-refractivity contribution < 1.29 is 0 Å². The fourth-order valence-electron chi connectivity index (χ4n) is 4.86. The quantitative estimate of drug-likeness (QED) is 0.361. The summed E-state index contributed by atoms with van der Waals surface area (Å²) in [5.41, 5.74) is 6.60. The molecule has 0 spiro atoms. The number of nitriles is 2. The van der Waals surface area contributed by atoms with E-state index in [-0.39, 0.29) is 0 Å². The van der Waals surface area contributed by atoms with Crippen LogP contribution in [0.3, 0.4) is 0 Å². The molecule has 6 heterocycles. The standard InChI is InChI=1S/C28H24N10/c1-35-18-24(16-33-35)22-10-26(28-23(11-29)15-34-38(28)19-22)21-3-5-27(32-14-21)37-8-6-36(7-9-37)17-20-2-4-25(12-30)31-13-20/h2-5,10,13-16,18-19H,6-9,17H2,1H3. The number of aromatic nitrogens is 6. The number of rotatable bonds is 5. The normalized spacial score (nSPS) is 13.9. The third-order valence-electron chi connectivity index (χ3n) is 6.87. The minimum Gasteiger partial charge on any atom is -0.354 e. The number of hydrogen-bond donors (Lipinski definition) is 0. The molecule has 1 fully saturated rings. The summed E-state index contributed by atoms with van der Waals surface area (Å²) in [7, 11) is 1.89. The first-order valence-corrected chi connectivity index (χ1v) is 12.3. The fourth-order valence-corrected chi connectivity index (χ4v) is 4.86. The van der Waals surface area contributed by atoms with Crippen molar-refractivity contribution in [2.24, 2.45) is 7.05 Å². The number of hydrogen-bond acceptors (Lipinski definition) is 8. The van der Waals surface area contributed by atoms with Gasteiger partial charge in [0.1, 0.15) is 23.7 Å². The molecule has 0 radical (unpaired) electrons. The maximum atomic E-state index is 9.68. The number of aryl methyl sites for hydroxylation is 1. The van der Waals surface area contributed by atoms with Gasteiger partial charge in [0.05, 0.1) is 23.5 Å². The molecule has 1 saturated heterocycles. The van der Waals surface area contributed by atoms with Crippen molar-refractivity contribution >= 4 is 11.3 Å². The highest BCUT2D eigenvalue weighted by atomic mass is 15.3. The van der Waals surface area contributed by atoms with Gasteiger partial charge in [0.15, 0.2) is 0 Å². The first kappa shape index (κ1) is 23.3. The minimum absolute atomic E-state index is 0.440. The lowest BCUT2D eigenvalue weighted by Gasteiger charge is -2.35. The van der Waals surface area contributed by atoms with E-state index in [0.29, 0.717) is 11.3 Å². The van der Waals surface area contributed by atoms with Gasteiger partial charge >= 0.3 is 0 Å². The second-order valence-corrected chi connectivity index (χ2v) is 9.34. The molecule has 0 aromatic carbocycles. The lowest BCUT2D eigenvalue weighted by molar-refractivity contribution is 0.249. The van der Waals surface area contributed by atoms with Crippen LogP contribution >= 0.6 is 0 Å². The summed E-state index contributed by atoms with van der Waals surface area (Å²) in [5, 5.41) is 27.3. The van der Waals surface area contributed by atoms with E-state index in [9.17, 15) is 5.26 Å². The van der Waals surface area contributed by atoms with Crippen molar-refractivity contribution in [3.63, 3.8) is 0 Å². The number of piperazine rings is 1. The predicted molar refractivity (Wildman–Crippen MR) is 142 cm³/mol. The molecule has 1 aliphatic heterocycles. The molecule has 0 bridgehead atoms. The van der Waals surface area contributed by atoms with Crippen LogP contribution in [0, 0.1) is 22.7 Å². The van der Waals surface area contributed by atoms with Crippen molar-refractivity contribution in [1.29, 1.82) is 10.5 Å². The molecule has 0 N–H and O–H groups in total. The molecule has 10 nitrogen and oxygen atoms in total. The Labute approximate surface area is 219 Å². The van der Waals surface area contributed by atoms with Crippen molar-refractivity contribution in [2.75, 3.05) is 31.1 Å². The monoisotopic (exact) mass is 500 g/mol. The van der Waals surface area contributed by atoms with Crippen LogP contribution in [-0.4, -0.2) is 60.4 Å². The van der Waals surface area contributed by atoms with E-state index in [2.05, 4.69) is 49.3 Å². The Morgan fingerprint density at radius 2 is 1.68 bits per heavy atom. The van der Waals surface area contributed by atoms with Gasteiger partial charge in [-0.05, 0) is 29.8 Å². The summed E-state index contributed by atoms with van der Waals surface area (Å²) in [4.78, 5) is 13.6. The minimum atomic E-state index is 0.440. The van der Waals surface area contributed by atoms with Crippen LogP contribution in [0.1, 0.15) is 16.8 Å². The third kappa shape index (κ3) is 4.45. The number of fused-ring (bicyclic) bond motifs is 1. The van der Waals surface area contributed by atoms with Crippen LogP contribution < -0.4 is 4.90 Å². The average molecular weight is 501 g/mol. The van der Waals surface area contributed by atoms with E-state index < -0.39 is 0 Å². The SMILES string of the molecule is Cn1cc(-c2cc(-c3ccc(N4CCN(Cc5ccc(C#N)nc5)CC4)nc3)c3c(C#N)cnn3c2)cn1. The third-order valence-corrected chi connectivity index (χ3v) is 6.87. The first-order valence-electron chi connectivity index (χ1n) is 12.3. The highest BCUT2D eigenvalue weighted by molar-refractivity contribution is 5.87. The summed E-state index contributed by atoms with van der Waals surface area (Å²) >= 11 is 0. The predicted octanol–water partition coefficient (Wildman–Crippen LogP) is 3.26. The van der Waals surface area contributed by atoms with Gasteiger partial charge in [-0.3, -0.25) is 9.58 Å². The molecular weight excluding hydrogens is 476 g/mol. The molecule has 0 aliphatic carbocycles. The van der Waals surface area contributed by atoms with E-state index in [0.717, 1.165) is 71.9 Å². The highest BCUT2D eigenvalue weighted by Gasteiger charge is 2.19. The Morgan fingerprint density at radius 1 is 0.816 bits per heavy atom. The van der Waals surface area contributed by atoms with E-state index in [1.807, 2.05) is 44.0 Å². The summed E-state index contributed by atoms with van der Waals surface area (Å²) in [5.74, 6) is 0.932. The smallest absolute Gasteiger partial charge is 0.140 e. The molecule has 5 aromatic rings. The lowest BCUT2D eigenvalue weighted by Crippen LogP contribution is -2.46. The van der Waals surface area contributed by atoms with Crippen LogP contribution in [0.4, 0.5) is 5.82 Å². The fraction of sp³-hybridized carbons (Fsp3) is 0.214. The Kier molecular flexibility index (Phi) is 6.00. The summed E-state index contributed by atoms with van der Waals surface area (Å²) in [6.45, 7) is 4.39. The van der Waals surface area contributed by atoms with Crippen LogP contribution in [0.2, 0.25) is 0 Å². The van der Waals surface area contributed by atoms with Crippen LogP contribution in [-0.2, 0) is 13.6 Å². The molecule has 0 unspecified atom stereocenters. The molecule has 38 heavy (non-hydrogen) atoms. The molecular formula is C28H24N10. The summed E-state index contributed by atoms with van der Waals surface area (Å²) < 4.78 is 3.52. The van der Waals surface area contributed by atoms with Crippen LogP contribution in [0.15, 0.2) is 67.5 Å². The van der Waals surface area contributed by atoms with E-state index in [1.165, 1.54) is 0 Å². The van der Waals surface area contributed by atoms with Crippen molar-refractivity contribution in [3.05, 3.63) is 84.3 Å². The van der Waals surface area contributed by atoms with Crippen LogP contribution in [0.25, 0.3) is 27.8 Å². The number of anilines is 1. The first-order chi connectivity index (χ1) is 18.6. The molecule has 0 atom stereocenters. The van der Waals surface area contributed by atoms with Gasteiger partial charge in [-0.1, -0.05) is 6.07 Å². The average Bonchev–Trinajstić information content (AvgIpc) is 3.59.